The van der Waals surface area contributed by atoms with Crippen molar-refractivity contribution in [1.82, 2.24) is 4.98 Å². The van der Waals surface area contributed by atoms with Gasteiger partial charge < -0.3 is 5.32 Å². The second-order valence-corrected chi connectivity index (χ2v) is 4.27. The van der Waals surface area contributed by atoms with Crippen molar-refractivity contribution >= 4 is 28.9 Å². The van der Waals surface area contributed by atoms with E-state index < -0.39 is 5.82 Å². The third kappa shape index (κ3) is 3.08. The summed E-state index contributed by atoms with van der Waals surface area (Å²) in [5.74, 6) is -0.419. The number of benzene rings is 1. The van der Waals surface area contributed by atoms with E-state index in [1.165, 1.54) is 6.07 Å². The Labute approximate surface area is 108 Å². The summed E-state index contributed by atoms with van der Waals surface area (Å²) in [6, 6.07) is 6.36. The molecule has 88 valence electrons. The molecule has 1 aromatic carbocycles. The lowest BCUT2D eigenvalue weighted by molar-refractivity contribution is 0.627. The molecule has 17 heavy (non-hydrogen) atoms. The maximum atomic E-state index is 12.9. The van der Waals surface area contributed by atoms with Crippen molar-refractivity contribution in [3.05, 3.63) is 58.1 Å². The van der Waals surface area contributed by atoms with Gasteiger partial charge in [-0.1, -0.05) is 29.3 Å². The Bertz CT molecular complexity index is 532. The standard InChI is InChI=1S/C12H9Cl2FN2/c13-9-5-8(1-2-11(9)15)6-17-12-3-4-16-7-10(12)14/h1-5,7H,6H2,(H,16,17). The molecule has 0 amide bonds. The van der Waals surface area contributed by atoms with Crippen molar-refractivity contribution in [3.63, 3.8) is 0 Å². The number of nitrogens with zero attached hydrogens (tertiary/aromatic N) is 1. The Balaban J connectivity index is 2.08. The van der Waals surface area contributed by atoms with E-state index in [1.54, 1.807) is 30.6 Å². The minimum absolute atomic E-state index is 0.116. The Morgan fingerprint density at radius 2 is 2.00 bits per heavy atom. The highest BCUT2D eigenvalue weighted by molar-refractivity contribution is 6.33. The first-order valence-corrected chi connectivity index (χ1v) is 5.70. The summed E-state index contributed by atoms with van der Waals surface area (Å²) in [7, 11) is 0. The number of hydrogen-bond acceptors (Lipinski definition) is 2. The molecule has 2 nitrogen and oxygen atoms in total. The molecular weight excluding hydrogens is 262 g/mol. The maximum Gasteiger partial charge on any atom is 0.141 e. The van der Waals surface area contributed by atoms with Crippen molar-refractivity contribution in [2.24, 2.45) is 0 Å². The molecule has 0 aliphatic carbocycles. The molecule has 0 aliphatic heterocycles. The molecule has 0 bridgehead atoms. The van der Waals surface area contributed by atoms with Crippen LogP contribution in [0.1, 0.15) is 5.56 Å². The lowest BCUT2D eigenvalue weighted by Crippen LogP contribution is -2.00. The van der Waals surface area contributed by atoms with Crippen LogP contribution in [-0.4, -0.2) is 4.98 Å². The van der Waals surface area contributed by atoms with Crippen LogP contribution in [0.3, 0.4) is 0 Å². The first-order chi connectivity index (χ1) is 8.16. The van der Waals surface area contributed by atoms with E-state index in [1.807, 2.05) is 0 Å². The van der Waals surface area contributed by atoms with Crippen molar-refractivity contribution in [2.75, 3.05) is 5.32 Å². The zero-order valence-corrected chi connectivity index (χ0v) is 10.3. The molecule has 2 aromatic rings. The Kier molecular flexibility index (Phi) is 3.82. The fraction of sp³-hybridized carbons (Fsp3) is 0.0833. The van der Waals surface area contributed by atoms with E-state index >= 15 is 0 Å². The predicted molar refractivity (Wildman–Crippen MR) is 68.0 cm³/mol. The van der Waals surface area contributed by atoms with Gasteiger partial charge in [0, 0.05) is 18.9 Å². The largest absolute Gasteiger partial charge is 0.380 e. The fourth-order valence-corrected chi connectivity index (χ4v) is 1.75. The number of hydrogen-bond donors (Lipinski definition) is 1. The minimum atomic E-state index is -0.419. The smallest absolute Gasteiger partial charge is 0.141 e. The molecule has 0 saturated heterocycles. The average molecular weight is 271 g/mol. The van der Waals surface area contributed by atoms with Crippen LogP contribution < -0.4 is 5.32 Å². The monoisotopic (exact) mass is 270 g/mol. The van der Waals surface area contributed by atoms with E-state index in [0.29, 0.717) is 11.6 Å². The highest BCUT2D eigenvalue weighted by Gasteiger charge is 2.02. The number of halogens is 3. The van der Waals surface area contributed by atoms with Crippen LogP contribution in [0, 0.1) is 5.82 Å². The van der Waals surface area contributed by atoms with Crippen LogP contribution in [0.2, 0.25) is 10.0 Å². The maximum absolute atomic E-state index is 12.9. The van der Waals surface area contributed by atoms with Gasteiger partial charge in [-0.3, -0.25) is 4.98 Å². The molecule has 5 heteroatoms. The lowest BCUT2D eigenvalue weighted by atomic mass is 10.2. The highest BCUT2D eigenvalue weighted by Crippen LogP contribution is 2.21. The number of pyridine rings is 1. The Hall–Kier alpha value is -1.32. The number of rotatable bonds is 3. The molecule has 0 saturated carbocycles. The van der Waals surface area contributed by atoms with Gasteiger partial charge >= 0.3 is 0 Å². The molecule has 2 rings (SSSR count). The van der Waals surface area contributed by atoms with Gasteiger partial charge in [0.1, 0.15) is 5.82 Å². The molecule has 0 atom stereocenters. The predicted octanol–water partition coefficient (Wildman–Crippen LogP) is 4.14. The van der Waals surface area contributed by atoms with Gasteiger partial charge in [-0.15, -0.1) is 0 Å². The normalized spacial score (nSPS) is 10.3. The van der Waals surface area contributed by atoms with Crippen LogP contribution in [0.15, 0.2) is 36.7 Å². The van der Waals surface area contributed by atoms with E-state index in [4.69, 9.17) is 23.2 Å². The summed E-state index contributed by atoms with van der Waals surface area (Å²) in [4.78, 5) is 3.88. The van der Waals surface area contributed by atoms with Gasteiger partial charge in [-0.2, -0.15) is 0 Å². The fourth-order valence-electron chi connectivity index (χ4n) is 1.37. The summed E-state index contributed by atoms with van der Waals surface area (Å²) >= 11 is 11.6. The van der Waals surface area contributed by atoms with Crippen LogP contribution >= 0.6 is 23.2 Å². The molecule has 1 N–H and O–H groups in total. The van der Waals surface area contributed by atoms with Crippen molar-refractivity contribution in [2.45, 2.75) is 6.54 Å². The highest BCUT2D eigenvalue weighted by atomic mass is 35.5. The molecule has 0 fully saturated rings. The van der Waals surface area contributed by atoms with E-state index in [-0.39, 0.29) is 5.02 Å². The summed E-state index contributed by atoms with van der Waals surface area (Å²) in [6.07, 6.45) is 3.20. The second-order valence-electron chi connectivity index (χ2n) is 3.46. The molecule has 0 radical (unpaired) electrons. The molecule has 0 unspecified atom stereocenters. The average Bonchev–Trinajstić information content (AvgIpc) is 2.32. The van der Waals surface area contributed by atoms with Crippen LogP contribution in [-0.2, 0) is 6.54 Å². The molecule has 1 aromatic heterocycles. The van der Waals surface area contributed by atoms with Crippen molar-refractivity contribution < 1.29 is 4.39 Å². The van der Waals surface area contributed by atoms with Crippen molar-refractivity contribution in [1.29, 1.82) is 0 Å². The molecule has 0 aliphatic rings. The first-order valence-electron chi connectivity index (χ1n) is 4.94. The third-order valence-corrected chi connectivity index (χ3v) is 2.83. The van der Waals surface area contributed by atoms with Gasteiger partial charge in [-0.25, -0.2) is 4.39 Å². The van der Waals surface area contributed by atoms with Crippen molar-refractivity contribution in [3.8, 4) is 0 Å². The van der Waals surface area contributed by atoms with Crippen LogP contribution in [0.25, 0.3) is 0 Å². The molecule has 0 spiro atoms. The summed E-state index contributed by atoms with van der Waals surface area (Å²) in [5.41, 5.74) is 1.66. The van der Waals surface area contributed by atoms with E-state index in [2.05, 4.69) is 10.3 Å². The Morgan fingerprint density at radius 3 is 2.71 bits per heavy atom. The number of anilines is 1. The van der Waals surface area contributed by atoms with Gasteiger partial charge in [0.2, 0.25) is 0 Å². The van der Waals surface area contributed by atoms with E-state index in [0.717, 1.165) is 11.3 Å². The summed E-state index contributed by atoms with van der Waals surface area (Å²) in [5, 5.41) is 3.78. The van der Waals surface area contributed by atoms with Gasteiger partial charge in [0.25, 0.3) is 0 Å². The topological polar surface area (TPSA) is 24.9 Å². The third-order valence-electron chi connectivity index (χ3n) is 2.24. The van der Waals surface area contributed by atoms with E-state index in [9.17, 15) is 4.39 Å². The number of nitrogens with one attached hydrogen (secondary N) is 1. The number of aromatic nitrogens is 1. The van der Waals surface area contributed by atoms with Gasteiger partial charge in [0.15, 0.2) is 0 Å². The first kappa shape index (κ1) is 12.1. The lowest BCUT2D eigenvalue weighted by Gasteiger charge is -2.08. The zero-order chi connectivity index (χ0) is 12.3. The second kappa shape index (κ2) is 5.34. The molecular formula is C12H9Cl2FN2. The van der Waals surface area contributed by atoms with Crippen LogP contribution in [0.5, 0.6) is 0 Å². The Morgan fingerprint density at radius 1 is 1.18 bits per heavy atom. The summed E-state index contributed by atoms with van der Waals surface area (Å²) < 4.78 is 12.9. The van der Waals surface area contributed by atoms with Gasteiger partial charge in [0.05, 0.1) is 15.7 Å². The van der Waals surface area contributed by atoms with Gasteiger partial charge in [-0.05, 0) is 23.8 Å². The zero-order valence-electron chi connectivity index (χ0n) is 8.75. The summed E-state index contributed by atoms with van der Waals surface area (Å²) in [6.45, 7) is 0.518. The quantitative estimate of drug-likeness (QED) is 0.907. The minimum Gasteiger partial charge on any atom is -0.380 e. The van der Waals surface area contributed by atoms with Crippen LogP contribution in [0.4, 0.5) is 10.1 Å². The SMILES string of the molecule is Fc1ccc(CNc2ccncc2Cl)cc1Cl. The molecule has 1 heterocycles.